The molecule has 0 atom stereocenters. The summed E-state index contributed by atoms with van der Waals surface area (Å²) in [5, 5.41) is 12.6. The van der Waals surface area contributed by atoms with Gasteiger partial charge in [0.25, 0.3) is 5.56 Å². The van der Waals surface area contributed by atoms with Gasteiger partial charge in [-0.05, 0) is 36.5 Å². The van der Waals surface area contributed by atoms with Crippen LogP contribution >= 0.6 is 23.8 Å². The molecule has 4 rings (SSSR count). The van der Waals surface area contributed by atoms with Crippen LogP contribution < -0.4 is 5.56 Å². The highest BCUT2D eigenvalue weighted by Gasteiger charge is 2.12. The lowest BCUT2D eigenvalue weighted by Crippen LogP contribution is -2.24. The van der Waals surface area contributed by atoms with Crippen molar-refractivity contribution in [2.75, 3.05) is 0 Å². The highest BCUT2D eigenvalue weighted by molar-refractivity contribution is 7.71. The maximum absolute atomic E-state index is 13.4. The van der Waals surface area contributed by atoms with E-state index in [4.69, 9.17) is 23.8 Å². The normalized spacial score (nSPS) is 11.2. The summed E-state index contributed by atoms with van der Waals surface area (Å²) in [4.78, 5) is 12.6. The smallest absolute Gasteiger partial charge is 0.272 e. The van der Waals surface area contributed by atoms with Gasteiger partial charge < -0.3 is 0 Å². The minimum absolute atomic E-state index is 0.00559. The van der Waals surface area contributed by atoms with E-state index in [0.29, 0.717) is 34.6 Å². The molecule has 0 bridgehead atoms. The second-order valence-corrected chi connectivity index (χ2v) is 6.68. The second kappa shape index (κ2) is 7.05. The number of aromatic amines is 1. The summed E-state index contributed by atoms with van der Waals surface area (Å²) in [5.74, 6) is 0.0772. The average Bonchev–Trinajstić information content (AvgIpc) is 3.04. The van der Waals surface area contributed by atoms with Crippen molar-refractivity contribution in [3.8, 4) is 5.69 Å². The Morgan fingerprint density at radius 3 is 2.85 bits per heavy atom. The van der Waals surface area contributed by atoms with Crippen LogP contribution in [0.25, 0.3) is 16.5 Å². The zero-order valence-corrected chi connectivity index (χ0v) is 15.5. The summed E-state index contributed by atoms with van der Waals surface area (Å²) >= 11 is 11.2. The third-order valence-corrected chi connectivity index (χ3v) is 4.78. The number of nitrogens with one attached hydrogen (secondary N) is 1. The third-order valence-electron chi connectivity index (χ3n) is 4.21. The van der Waals surface area contributed by atoms with Gasteiger partial charge >= 0.3 is 0 Å². The van der Waals surface area contributed by atoms with Gasteiger partial charge in [0.1, 0.15) is 11.6 Å². The molecule has 4 aromatic rings. The van der Waals surface area contributed by atoms with Crippen LogP contribution in [0.4, 0.5) is 4.39 Å². The largest absolute Gasteiger partial charge is 0.274 e. The van der Waals surface area contributed by atoms with Gasteiger partial charge in [0.2, 0.25) is 0 Å². The molecule has 0 aliphatic rings. The van der Waals surface area contributed by atoms with Crippen LogP contribution in [-0.4, -0.2) is 24.5 Å². The van der Waals surface area contributed by atoms with Gasteiger partial charge in [-0.15, -0.1) is 0 Å². The second-order valence-electron chi connectivity index (χ2n) is 5.89. The minimum Gasteiger partial charge on any atom is -0.272 e. The Morgan fingerprint density at radius 1 is 1.22 bits per heavy atom. The van der Waals surface area contributed by atoms with Crippen molar-refractivity contribution in [3.05, 3.63) is 80.5 Å². The van der Waals surface area contributed by atoms with Gasteiger partial charge in [0, 0.05) is 11.8 Å². The van der Waals surface area contributed by atoms with Crippen LogP contribution in [0.1, 0.15) is 5.82 Å². The van der Waals surface area contributed by atoms with Crippen LogP contribution in [0.3, 0.4) is 0 Å². The number of halogens is 2. The highest BCUT2D eigenvalue weighted by atomic mass is 35.5. The number of H-pyrrole nitrogens is 1. The molecular formula is C18H13ClFN5OS. The molecule has 0 spiro atoms. The first-order valence-corrected chi connectivity index (χ1v) is 8.90. The molecule has 136 valence electrons. The zero-order valence-electron chi connectivity index (χ0n) is 13.9. The molecule has 2 aromatic carbocycles. The van der Waals surface area contributed by atoms with Crippen molar-refractivity contribution >= 4 is 34.6 Å². The number of aromatic nitrogens is 5. The molecule has 0 fully saturated rings. The van der Waals surface area contributed by atoms with Crippen LogP contribution in [0.5, 0.6) is 0 Å². The molecule has 0 saturated carbocycles. The number of aryl methyl sites for hydroxylation is 2. The summed E-state index contributed by atoms with van der Waals surface area (Å²) in [6.45, 7) is 0.318. The van der Waals surface area contributed by atoms with E-state index in [1.165, 1.54) is 16.8 Å². The predicted molar refractivity (Wildman–Crippen MR) is 103 cm³/mol. The Bertz CT molecular complexity index is 1260. The third kappa shape index (κ3) is 3.29. The van der Waals surface area contributed by atoms with Crippen LogP contribution in [0, 0.1) is 10.6 Å². The SMILES string of the molecule is O=c1c2ccccc2cnn1CCc1n[nH]c(=S)n1-c1ccc(F)c(Cl)c1. The van der Waals surface area contributed by atoms with Gasteiger partial charge in [-0.25, -0.2) is 9.07 Å². The quantitative estimate of drug-likeness (QED) is 0.530. The summed E-state index contributed by atoms with van der Waals surface area (Å²) < 4.78 is 16.8. The maximum atomic E-state index is 13.4. The van der Waals surface area contributed by atoms with Gasteiger partial charge in [-0.3, -0.25) is 14.5 Å². The zero-order chi connectivity index (χ0) is 19.0. The molecule has 9 heteroatoms. The van der Waals surface area contributed by atoms with E-state index in [9.17, 15) is 9.18 Å². The Kier molecular flexibility index (Phi) is 4.59. The first kappa shape index (κ1) is 17.6. The first-order valence-electron chi connectivity index (χ1n) is 8.11. The van der Waals surface area contributed by atoms with Gasteiger partial charge in [-0.1, -0.05) is 29.8 Å². The van der Waals surface area contributed by atoms with Crippen molar-refractivity contribution in [2.45, 2.75) is 13.0 Å². The Balaban J connectivity index is 1.67. The van der Waals surface area contributed by atoms with E-state index < -0.39 is 5.82 Å². The molecule has 0 radical (unpaired) electrons. The van der Waals surface area contributed by atoms with E-state index >= 15 is 0 Å². The molecule has 6 nitrogen and oxygen atoms in total. The molecular weight excluding hydrogens is 389 g/mol. The molecule has 0 aliphatic heterocycles. The lowest BCUT2D eigenvalue weighted by atomic mass is 10.2. The number of hydrogen-bond donors (Lipinski definition) is 1. The van der Waals surface area contributed by atoms with E-state index in [0.717, 1.165) is 5.39 Å². The summed E-state index contributed by atoms with van der Waals surface area (Å²) in [7, 11) is 0. The van der Waals surface area contributed by atoms with Crippen molar-refractivity contribution in [2.24, 2.45) is 0 Å². The molecule has 1 N–H and O–H groups in total. The van der Waals surface area contributed by atoms with Crippen molar-refractivity contribution in [1.82, 2.24) is 24.5 Å². The minimum atomic E-state index is -0.510. The number of rotatable bonds is 4. The van der Waals surface area contributed by atoms with Crippen LogP contribution in [-0.2, 0) is 13.0 Å². The summed E-state index contributed by atoms with van der Waals surface area (Å²) in [6, 6.07) is 11.6. The number of benzene rings is 2. The fourth-order valence-electron chi connectivity index (χ4n) is 2.88. The fraction of sp³-hybridized carbons (Fsp3) is 0.111. The summed E-state index contributed by atoms with van der Waals surface area (Å²) in [6.07, 6.45) is 2.06. The molecule has 2 heterocycles. The number of hydrogen-bond acceptors (Lipinski definition) is 4. The molecule has 2 aromatic heterocycles. The standard InChI is InChI=1S/C18H13ClFN5OS/c19-14-9-12(5-6-15(14)20)25-16(22-23-18(25)27)7-8-24-17(26)13-4-2-1-3-11(13)10-21-24/h1-6,9-10H,7-8H2,(H,23,27). The Hall–Kier alpha value is -2.84. The maximum Gasteiger partial charge on any atom is 0.274 e. The molecule has 27 heavy (non-hydrogen) atoms. The lowest BCUT2D eigenvalue weighted by Gasteiger charge is -2.09. The lowest BCUT2D eigenvalue weighted by molar-refractivity contribution is 0.568. The number of nitrogens with zero attached hydrogens (tertiary/aromatic N) is 4. The average molecular weight is 402 g/mol. The van der Waals surface area contributed by atoms with Crippen molar-refractivity contribution in [3.63, 3.8) is 0 Å². The topological polar surface area (TPSA) is 68.5 Å². The van der Waals surface area contributed by atoms with E-state index in [1.807, 2.05) is 18.2 Å². The van der Waals surface area contributed by atoms with E-state index in [1.54, 1.807) is 22.9 Å². The highest BCUT2D eigenvalue weighted by Crippen LogP contribution is 2.20. The molecule has 0 saturated heterocycles. The van der Waals surface area contributed by atoms with Crippen molar-refractivity contribution in [1.29, 1.82) is 0 Å². The Labute approximate surface area is 162 Å². The van der Waals surface area contributed by atoms with Crippen molar-refractivity contribution < 1.29 is 4.39 Å². The molecule has 0 amide bonds. The van der Waals surface area contributed by atoms with E-state index in [2.05, 4.69) is 15.3 Å². The molecule has 0 unspecified atom stereocenters. The monoisotopic (exact) mass is 401 g/mol. The van der Waals surface area contributed by atoms with Crippen LogP contribution in [0.2, 0.25) is 5.02 Å². The Morgan fingerprint density at radius 2 is 2.04 bits per heavy atom. The predicted octanol–water partition coefficient (Wildman–Crippen LogP) is 3.67. The van der Waals surface area contributed by atoms with Gasteiger partial charge in [-0.2, -0.15) is 10.2 Å². The first-order chi connectivity index (χ1) is 13.0. The van der Waals surface area contributed by atoms with Gasteiger partial charge in [0.15, 0.2) is 4.77 Å². The number of fused-ring (bicyclic) bond motifs is 1. The van der Waals surface area contributed by atoms with E-state index in [-0.39, 0.29) is 10.6 Å². The van der Waals surface area contributed by atoms with Gasteiger partial charge in [0.05, 0.1) is 28.8 Å². The molecule has 0 aliphatic carbocycles. The summed E-state index contributed by atoms with van der Waals surface area (Å²) in [5.41, 5.74) is 0.424. The van der Waals surface area contributed by atoms with Crippen LogP contribution in [0.15, 0.2) is 53.5 Å². The fourth-order valence-corrected chi connectivity index (χ4v) is 3.31.